The number of alkyl halides is 2. The molecule has 176 valence electrons. The zero-order chi connectivity index (χ0) is 23.8. The van der Waals surface area contributed by atoms with Crippen molar-refractivity contribution in [1.29, 1.82) is 0 Å². The second-order valence-electron chi connectivity index (χ2n) is 7.73. The van der Waals surface area contributed by atoms with Gasteiger partial charge in [0.25, 0.3) is 5.92 Å². The van der Waals surface area contributed by atoms with Crippen molar-refractivity contribution >= 4 is 34.0 Å². The van der Waals surface area contributed by atoms with Crippen LogP contribution in [-0.4, -0.2) is 61.3 Å². The largest absolute Gasteiger partial charge is 0.497 e. The Labute approximate surface area is 193 Å². The molecule has 11 heteroatoms. The number of fused-ring (bicyclic) bond motifs is 1. The topological polar surface area (TPSA) is 68.7 Å². The van der Waals surface area contributed by atoms with E-state index in [1.807, 2.05) is 0 Å². The number of methoxy groups -OCH3 is 2. The highest BCUT2D eigenvalue weighted by molar-refractivity contribution is 6.32. The normalized spacial score (nSPS) is 18.2. The van der Waals surface area contributed by atoms with Crippen molar-refractivity contribution in [3.63, 3.8) is 0 Å². The number of hydrogen-bond donors (Lipinski definition) is 1. The summed E-state index contributed by atoms with van der Waals surface area (Å²) < 4.78 is 60.2. The minimum atomic E-state index is -3.07. The molecule has 2 aromatic carbocycles. The van der Waals surface area contributed by atoms with Gasteiger partial charge in [-0.1, -0.05) is 11.6 Å². The third-order valence-electron chi connectivity index (χ3n) is 5.40. The zero-order valence-corrected chi connectivity index (χ0v) is 18.9. The van der Waals surface area contributed by atoms with Gasteiger partial charge in [0, 0.05) is 31.2 Å². The molecule has 0 aliphatic carbocycles. The minimum absolute atomic E-state index is 0.0302. The lowest BCUT2D eigenvalue weighted by atomic mass is 10.0. The number of nitrogens with one attached hydrogen (secondary N) is 1. The average molecular weight is 483 g/mol. The van der Waals surface area contributed by atoms with Crippen molar-refractivity contribution in [2.24, 2.45) is 0 Å². The van der Waals surface area contributed by atoms with Crippen molar-refractivity contribution in [2.75, 3.05) is 39.7 Å². The first kappa shape index (κ1) is 23.2. The van der Waals surface area contributed by atoms with Gasteiger partial charge in [0.2, 0.25) is 0 Å². The standard InChI is InChI=1S/C22H22ClF3N4O3/c1-30-5-4-19(22(25,26)10-30)33-18-7-12(31-2)6-16-20(18)21(28-11-27-16)29-15-9-17(32-3)13(23)8-14(15)24/h6-9,11,19H,4-5,10H2,1-3H3,(H,27,28,29). The van der Waals surface area contributed by atoms with Gasteiger partial charge >= 0.3 is 0 Å². The van der Waals surface area contributed by atoms with E-state index < -0.39 is 24.4 Å². The molecular weight excluding hydrogens is 461 g/mol. The second-order valence-corrected chi connectivity index (χ2v) is 8.13. The van der Waals surface area contributed by atoms with Crippen molar-refractivity contribution in [3.05, 3.63) is 41.4 Å². The summed E-state index contributed by atoms with van der Waals surface area (Å²) in [7, 11) is 4.49. The molecule has 1 aromatic heterocycles. The fourth-order valence-corrected chi connectivity index (χ4v) is 3.96. The molecule has 0 amide bonds. The number of ether oxygens (including phenoxy) is 3. The molecule has 1 atom stereocenters. The Balaban J connectivity index is 1.79. The third-order valence-corrected chi connectivity index (χ3v) is 5.69. The second kappa shape index (κ2) is 9.11. The Morgan fingerprint density at radius 1 is 1.12 bits per heavy atom. The van der Waals surface area contributed by atoms with Crippen LogP contribution in [0.3, 0.4) is 0 Å². The van der Waals surface area contributed by atoms with Crippen LogP contribution in [-0.2, 0) is 0 Å². The summed E-state index contributed by atoms with van der Waals surface area (Å²) in [5, 5.41) is 3.29. The van der Waals surface area contributed by atoms with Gasteiger partial charge in [0.05, 0.1) is 42.4 Å². The lowest BCUT2D eigenvalue weighted by Gasteiger charge is -2.36. The molecule has 1 unspecified atom stereocenters. The van der Waals surface area contributed by atoms with E-state index in [4.69, 9.17) is 25.8 Å². The van der Waals surface area contributed by atoms with Crippen molar-refractivity contribution in [2.45, 2.75) is 18.4 Å². The molecule has 7 nitrogen and oxygen atoms in total. The summed E-state index contributed by atoms with van der Waals surface area (Å²) in [5.74, 6) is -2.83. The quantitative estimate of drug-likeness (QED) is 0.536. The molecule has 0 radical (unpaired) electrons. The molecule has 1 fully saturated rings. The number of likely N-dealkylation sites (tertiary alicyclic amines) is 1. The first-order chi connectivity index (χ1) is 15.7. The number of hydrogen-bond acceptors (Lipinski definition) is 7. The lowest BCUT2D eigenvalue weighted by Crippen LogP contribution is -2.52. The summed E-state index contributed by atoms with van der Waals surface area (Å²) >= 11 is 5.98. The van der Waals surface area contributed by atoms with Gasteiger partial charge in [-0.3, -0.25) is 0 Å². The molecule has 3 aromatic rings. The van der Waals surface area contributed by atoms with Gasteiger partial charge in [-0.15, -0.1) is 0 Å². The van der Waals surface area contributed by atoms with Gasteiger partial charge in [-0.2, -0.15) is 0 Å². The van der Waals surface area contributed by atoms with E-state index in [1.165, 1.54) is 32.7 Å². The van der Waals surface area contributed by atoms with E-state index in [2.05, 4.69) is 15.3 Å². The highest BCUT2D eigenvalue weighted by Gasteiger charge is 2.45. The van der Waals surface area contributed by atoms with E-state index in [0.29, 0.717) is 23.2 Å². The Kier molecular flexibility index (Phi) is 6.40. The number of anilines is 2. The van der Waals surface area contributed by atoms with Crippen molar-refractivity contribution in [3.8, 4) is 17.2 Å². The SMILES string of the molecule is COc1cc(OC2CCN(C)CC2(F)F)c2c(Nc3cc(OC)c(Cl)cc3F)ncnc2c1. The zero-order valence-electron chi connectivity index (χ0n) is 18.2. The minimum Gasteiger partial charge on any atom is -0.497 e. The van der Waals surface area contributed by atoms with E-state index >= 15 is 0 Å². The van der Waals surface area contributed by atoms with Gasteiger partial charge in [0.15, 0.2) is 6.10 Å². The van der Waals surface area contributed by atoms with Crippen LogP contribution in [0.2, 0.25) is 5.02 Å². The van der Waals surface area contributed by atoms with Crippen LogP contribution in [0.5, 0.6) is 17.2 Å². The third kappa shape index (κ3) is 4.72. The highest BCUT2D eigenvalue weighted by atomic mass is 35.5. The summed E-state index contributed by atoms with van der Waals surface area (Å²) in [4.78, 5) is 9.97. The van der Waals surface area contributed by atoms with Crippen LogP contribution >= 0.6 is 11.6 Å². The highest BCUT2D eigenvalue weighted by Crippen LogP contribution is 2.40. The van der Waals surface area contributed by atoms with E-state index in [0.717, 1.165) is 6.07 Å². The average Bonchev–Trinajstić information content (AvgIpc) is 2.76. The van der Waals surface area contributed by atoms with E-state index in [9.17, 15) is 13.2 Å². The molecule has 33 heavy (non-hydrogen) atoms. The molecular formula is C22H22ClF3N4O3. The molecule has 2 heterocycles. The van der Waals surface area contributed by atoms with E-state index in [1.54, 1.807) is 18.0 Å². The first-order valence-electron chi connectivity index (χ1n) is 10.1. The maximum atomic E-state index is 14.7. The molecule has 0 spiro atoms. The number of aromatic nitrogens is 2. The fraction of sp³-hybridized carbons (Fsp3) is 0.364. The Morgan fingerprint density at radius 2 is 1.91 bits per heavy atom. The smallest absolute Gasteiger partial charge is 0.296 e. The maximum Gasteiger partial charge on any atom is 0.296 e. The van der Waals surface area contributed by atoms with Gasteiger partial charge in [0.1, 0.15) is 35.2 Å². The number of benzene rings is 2. The van der Waals surface area contributed by atoms with Crippen LogP contribution in [0.1, 0.15) is 6.42 Å². The summed E-state index contributed by atoms with van der Waals surface area (Å²) in [5.41, 5.74) is 0.405. The summed E-state index contributed by atoms with van der Waals surface area (Å²) in [6.45, 7) is 0.0382. The first-order valence-corrected chi connectivity index (χ1v) is 10.5. The molecule has 1 N–H and O–H groups in total. The molecule has 1 aliphatic heterocycles. The van der Waals surface area contributed by atoms with Crippen LogP contribution in [0.15, 0.2) is 30.6 Å². The number of piperidine rings is 1. The van der Waals surface area contributed by atoms with Gasteiger partial charge < -0.3 is 24.4 Å². The van der Waals surface area contributed by atoms with E-state index in [-0.39, 0.29) is 34.4 Å². The van der Waals surface area contributed by atoms with Crippen LogP contribution in [0.25, 0.3) is 10.9 Å². The molecule has 4 rings (SSSR count). The predicted octanol–water partition coefficient (Wildman–Crippen LogP) is 4.90. The van der Waals surface area contributed by atoms with Crippen molar-refractivity contribution in [1.82, 2.24) is 14.9 Å². The number of nitrogens with zero attached hydrogens (tertiary/aromatic N) is 3. The lowest BCUT2D eigenvalue weighted by molar-refractivity contribution is -0.134. The maximum absolute atomic E-state index is 14.7. The van der Waals surface area contributed by atoms with Crippen molar-refractivity contribution < 1.29 is 27.4 Å². The van der Waals surface area contributed by atoms with Crippen LogP contribution < -0.4 is 19.5 Å². The number of halogens is 4. The molecule has 0 saturated carbocycles. The van der Waals surface area contributed by atoms with Crippen LogP contribution in [0, 0.1) is 5.82 Å². The van der Waals surface area contributed by atoms with Gasteiger partial charge in [-0.05, 0) is 13.1 Å². The molecule has 1 aliphatic rings. The molecule has 1 saturated heterocycles. The molecule has 0 bridgehead atoms. The Hall–Kier alpha value is -2.98. The predicted molar refractivity (Wildman–Crippen MR) is 119 cm³/mol. The van der Waals surface area contributed by atoms with Crippen LogP contribution in [0.4, 0.5) is 24.7 Å². The summed E-state index contributed by atoms with van der Waals surface area (Å²) in [6, 6.07) is 5.58. The Bertz CT molecular complexity index is 1180. The van der Waals surface area contributed by atoms with Gasteiger partial charge in [-0.25, -0.2) is 23.1 Å². The monoisotopic (exact) mass is 482 g/mol. The fourth-order valence-electron chi connectivity index (χ4n) is 3.73. The Morgan fingerprint density at radius 3 is 2.61 bits per heavy atom. The number of rotatable bonds is 6. The summed E-state index contributed by atoms with van der Waals surface area (Å²) in [6.07, 6.45) is 0.0366.